The van der Waals surface area contributed by atoms with Gasteiger partial charge in [-0.3, -0.25) is 15.0 Å². The molecule has 0 aliphatic heterocycles. The molecule has 1 N–H and O–H groups in total. The Labute approximate surface area is 237 Å². The Bertz CT molecular complexity index is 1300. The average molecular weight is 674 g/mol. The molecule has 4 nitrogen and oxygen atoms in total. The van der Waals surface area contributed by atoms with Gasteiger partial charge in [0.1, 0.15) is 5.75 Å². The van der Waals surface area contributed by atoms with Crippen LogP contribution in [0.25, 0.3) is 33.8 Å². The monoisotopic (exact) mass is 674 g/mol. The van der Waals surface area contributed by atoms with E-state index >= 15 is 0 Å². The standard InChI is InChI=1S/C11H9NO.2C11H9N.Ir/c13-10-5-3-4-9(8-10)11-6-1-2-7-12-11;2*1-2-6-10(7-3-1)11-8-4-5-9-12-11;/h1-8,13H;2*1-9H;. The van der Waals surface area contributed by atoms with E-state index < -0.39 is 0 Å². The first-order valence-electron chi connectivity index (χ1n) is 11.9. The second-order valence-corrected chi connectivity index (χ2v) is 7.93. The van der Waals surface area contributed by atoms with Crippen LogP contribution in [-0.4, -0.2) is 20.1 Å². The molecule has 0 fully saturated rings. The van der Waals surface area contributed by atoms with Crippen LogP contribution in [0.5, 0.6) is 5.75 Å². The number of hydrogen-bond acceptors (Lipinski definition) is 4. The molecular weight excluding hydrogens is 647 g/mol. The quantitative estimate of drug-likeness (QED) is 0.207. The molecule has 6 aromatic rings. The van der Waals surface area contributed by atoms with Crippen molar-refractivity contribution in [3.63, 3.8) is 0 Å². The average Bonchev–Trinajstić information content (AvgIpc) is 3.00. The fraction of sp³-hybridized carbons (Fsp3) is 0. The number of pyridine rings is 3. The van der Waals surface area contributed by atoms with Crippen molar-refractivity contribution in [2.24, 2.45) is 0 Å². The van der Waals surface area contributed by atoms with Gasteiger partial charge in [0.05, 0.1) is 17.1 Å². The first-order chi connectivity index (χ1) is 18.3. The number of rotatable bonds is 3. The maximum atomic E-state index is 9.25. The molecule has 0 unspecified atom stereocenters. The SMILES string of the molecule is Oc1cccc(-c2ccccn2)c1.[Ir].c1ccc(-c2ccccn2)cc1.c1ccc(-c2ccccn2)cc1. The zero-order valence-corrected chi connectivity index (χ0v) is 23.0. The topological polar surface area (TPSA) is 58.9 Å². The van der Waals surface area contributed by atoms with E-state index in [1.54, 1.807) is 24.4 Å². The van der Waals surface area contributed by atoms with Gasteiger partial charge in [-0.25, -0.2) is 0 Å². The van der Waals surface area contributed by atoms with E-state index in [0.29, 0.717) is 0 Å². The third-order valence-corrected chi connectivity index (χ3v) is 5.28. The Morgan fingerprint density at radius 1 is 0.368 bits per heavy atom. The molecule has 0 aliphatic carbocycles. The number of benzene rings is 3. The molecule has 5 heteroatoms. The molecule has 3 heterocycles. The van der Waals surface area contributed by atoms with Crippen LogP contribution in [-0.2, 0) is 20.1 Å². The molecule has 0 bridgehead atoms. The Hall–Kier alpha value is -4.44. The molecule has 6 rings (SSSR count). The molecule has 0 atom stereocenters. The van der Waals surface area contributed by atoms with Crippen molar-refractivity contribution < 1.29 is 25.2 Å². The van der Waals surface area contributed by atoms with Crippen molar-refractivity contribution in [1.29, 1.82) is 0 Å². The van der Waals surface area contributed by atoms with Crippen molar-refractivity contribution in [1.82, 2.24) is 15.0 Å². The van der Waals surface area contributed by atoms with Gasteiger partial charge in [0.25, 0.3) is 0 Å². The van der Waals surface area contributed by atoms with Crippen LogP contribution in [0.4, 0.5) is 0 Å². The Balaban J connectivity index is 0.000000156. The van der Waals surface area contributed by atoms with E-state index in [2.05, 4.69) is 39.2 Å². The summed E-state index contributed by atoms with van der Waals surface area (Å²) in [5.74, 6) is 0.267. The summed E-state index contributed by atoms with van der Waals surface area (Å²) in [6.45, 7) is 0. The normalized spacial score (nSPS) is 9.47. The van der Waals surface area contributed by atoms with Crippen molar-refractivity contribution >= 4 is 0 Å². The third-order valence-electron chi connectivity index (χ3n) is 5.28. The van der Waals surface area contributed by atoms with Crippen LogP contribution >= 0.6 is 0 Å². The third kappa shape index (κ3) is 8.90. The molecule has 0 aliphatic rings. The summed E-state index contributed by atoms with van der Waals surface area (Å²) in [6.07, 6.45) is 5.35. The molecule has 0 saturated carbocycles. The summed E-state index contributed by atoms with van der Waals surface area (Å²) >= 11 is 0. The van der Waals surface area contributed by atoms with Gasteiger partial charge in [0.15, 0.2) is 0 Å². The van der Waals surface area contributed by atoms with Crippen LogP contribution in [0.15, 0.2) is 158 Å². The van der Waals surface area contributed by atoms with Gasteiger partial charge >= 0.3 is 0 Å². The summed E-state index contributed by atoms with van der Waals surface area (Å²) < 4.78 is 0. The Kier molecular flexibility index (Phi) is 11.6. The molecule has 3 aromatic heterocycles. The Morgan fingerprint density at radius 2 is 0.737 bits per heavy atom. The molecule has 0 amide bonds. The van der Waals surface area contributed by atoms with E-state index in [4.69, 9.17) is 0 Å². The van der Waals surface area contributed by atoms with E-state index in [9.17, 15) is 5.11 Å². The first-order valence-corrected chi connectivity index (χ1v) is 11.9. The van der Waals surface area contributed by atoms with Crippen molar-refractivity contribution in [2.75, 3.05) is 0 Å². The number of phenolic OH excluding ortho intramolecular Hbond substituents is 1. The van der Waals surface area contributed by atoms with Crippen LogP contribution in [0.3, 0.4) is 0 Å². The molecule has 38 heavy (non-hydrogen) atoms. The van der Waals surface area contributed by atoms with E-state index in [1.807, 2.05) is 109 Å². The second kappa shape index (κ2) is 15.6. The number of hydrogen-bond donors (Lipinski definition) is 1. The second-order valence-electron chi connectivity index (χ2n) is 7.93. The van der Waals surface area contributed by atoms with Crippen LogP contribution < -0.4 is 0 Å². The maximum Gasteiger partial charge on any atom is 0.116 e. The molecular formula is C33H27IrN3O. The zero-order valence-electron chi connectivity index (χ0n) is 20.6. The van der Waals surface area contributed by atoms with Gasteiger partial charge in [-0.1, -0.05) is 91.0 Å². The van der Waals surface area contributed by atoms with Gasteiger partial charge in [-0.15, -0.1) is 0 Å². The van der Waals surface area contributed by atoms with Gasteiger partial charge in [0, 0.05) is 55.4 Å². The summed E-state index contributed by atoms with van der Waals surface area (Å²) in [4.78, 5) is 12.7. The molecule has 0 saturated heterocycles. The van der Waals surface area contributed by atoms with E-state index in [-0.39, 0.29) is 25.9 Å². The number of aromatic nitrogens is 3. The first kappa shape index (κ1) is 28.1. The fourth-order valence-corrected chi connectivity index (χ4v) is 3.48. The minimum absolute atomic E-state index is 0. The fourth-order valence-electron chi connectivity index (χ4n) is 3.48. The predicted octanol–water partition coefficient (Wildman–Crippen LogP) is 7.95. The number of nitrogens with zero attached hydrogens (tertiary/aromatic N) is 3. The van der Waals surface area contributed by atoms with Crippen molar-refractivity contribution in [3.8, 4) is 39.5 Å². The van der Waals surface area contributed by atoms with E-state index in [0.717, 1.165) is 33.8 Å². The molecule has 0 spiro atoms. The van der Waals surface area contributed by atoms with Gasteiger partial charge < -0.3 is 5.11 Å². The molecule has 1 radical (unpaired) electrons. The van der Waals surface area contributed by atoms with Crippen molar-refractivity contribution in [3.05, 3.63) is 158 Å². The van der Waals surface area contributed by atoms with E-state index in [1.165, 1.54) is 0 Å². The van der Waals surface area contributed by atoms with Gasteiger partial charge in [0.2, 0.25) is 0 Å². The summed E-state index contributed by atoms with van der Waals surface area (Å²) in [5.41, 5.74) is 6.19. The summed E-state index contributed by atoms with van der Waals surface area (Å²) in [5, 5.41) is 9.25. The predicted molar refractivity (Wildman–Crippen MR) is 151 cm³/mol. The summed E-state index contributed by atoms with van der Waals surface area (Å²) in [7, 11) is 0. The van der Waals surface area contributed by atoms with Crippen LogP contribution in [0, 0.1) is 0 Å². The molecule has 3 aromatic carbocycles. The van der Waals surface area contributed by atoms with Crippen molar-refractivity contribution in [2.45, 2.75) is 0 Å². The minimum Gasteiger partial charge on any atom is -0.508 e. The largest absolute Gasteiger partial charge is 0.508 e. The van der Waals surface area contributed by atoms with Crippen LogP contribution in [0.2, 0.25) is 0 Å². The smallest absolute Gasteiger partial charge is 0.116 e. The molecule has 189 valence electrons. The van der Waals surface area contributed by atoms with Gasteiger partial charge in [-0.2, -0.15) is 0 Å². The van der Waals surface area contributed by atoms with Gasteiger partial charge in [-0.05, 0) is 48.5 Å². The minimum atomic E-state index is 0. The Morgan fingerprint density at radius 3 is 1.11 bits per heavy atom. The summed E-state index contributed by atoms with van der Waals surface area (Å²) in [6, 6.07) is 44.9. The number of aromatic hydroxyl groups is 1. The number of phenols is 1. The zero-order chi connectivity index (χ0) is 25.5. The van der Waals surface area contributed by atoms with Crippen LogP contribution in [0.1, 0.15) is 0 Å². The maximum absolute atomic E-state index is 9.25.